The Hall–Kier alpha value is -0.560. The summed E-state index contributed by atoms with van der Waals surface area (Å²) < 4.78 is 2.92. The topological polar surface area (TPSA) is 43.8 Å². The molecule has 2 heterocycles. The zero-order valence-corrected chi connectivity index (χ0v) is 11.6. The van der Waals surface area contributed by atoms with Gasteiger partial charge in [-0.15, -0.1) is 11.3 Å². The number of nitrogens with zero attached hydrogens (tertiary/aromatic N) is 2. The van der Waals surface area contributed by atoms with Gasteiger partial charge < -0.3 is 5.73 Å². The highest BCUT2D eigenvalue weighted by Gasteiger charge is 2.10. The van der Waals surface area contributed by atoms with Gasteiger partial charge in [-0.3, -0.25) is 0 Å². The minimum absolute atomic E-state index is 0.763. The highest BCUT2D eigenvalue weighted by Crippen LogP contribution is 2.22. The number of aryl methyl sites for hydroxylation is 2. The van der Waals surface area contributed by atoms with E-state index in [1.54, 1.807) is 11.3 Å². The molecule has 0 bridgehead atoms. The van der Waals surface area contributed by atoms with E-state index in [1.165, 1.54) is 9.75 Å². The van der Waals surface area contributed by atoms with Crippen LogP contribution in [-0.2, 0) is 6.54 Å². The van der Waals surface area contributed by atoms with E-state index in [4.69, 9.17) is 5.73 Å². The molecular formula is C10H12IN3S. The van der Waals surface area contributed by atoms with Gasteiger partial charge in [0.2, 0.25) is 0 Å². The fraction of sp³-hybridized carbons (Fsp3) is 0.300. The predicted molar refractivity (Wildman–Crippen MR) is 72.3 cm³/mol. The van der Waals surface area contributed by atoms with Crippen molar-refractivity contribution in [2.45, 2.75) is 20.4 Å². The van der Waals surface area contributed by atoms with Crippen molar-refractivity contribution in [1.29, 1.82) is 0 Å². The number of hydrogen-bond acceptors (Lipinski definition) is 3. The Morgan fingerprint density at radius 1 is 1.47 bits per heavy atom. The largest absolute Gasteiger partial charge is 0.383 e. The molecule has 0 saturated heterocycles. The van der Waals surface area contributed by atoms with Crippen LogP contribution in [0.5, 0.6) is 0 Å². The first-order chi connectivity index (χ1) is 7.08. The predicted octanol–water partition coefficient (Wildman–Crippen LogP) is 2.80. The number of thiophene rings is 1. The van der Waals surface area contributed by atoms with Crippen LogP contribution in [0, 0.1) is 17.4 Å². The second-order valence-corrected chi connectivity index (χ2v) is 5.91. The third kappa shape index (κ3) is 2.17. The zero-order valence-electron chi connectivity index (χ0n) is 8.62. The summed E-state index contributed by atoms with van der Waals surface area (Å²) in [5.41, 5.74) is 6.96. The van der Waals surface area contributed by atoms with Crippen molar-refractivity contribution in [3.63, 3.8) is 0 Å². The lowest BCUT2D eigenvalue weighted by atomic mass is 10.4. The van der Waals surface area contributed by atoms with Gasteiger partial charge in [0.1, 0.15) is 5.82 Å². The minimum Gasteiger partial charge on any atom is -0.383 e. The summed E-state index contributed by atoms with van der Waals surface area (Å²) >= 11 is 4.02. The molecule has 0 aliphatic carbocycles. The second-order valence-electron chi connectivity index (χ2n) is 3.45. The Morgan fingerprint density at radius 3 is 2.67 bits per heavy atom. The van der Waals surface area contributed by atoms with Crippen LogP contribution in [0.1, 0.15) is 15.4 Å². The van der Waals surface area contributed by atoms with Crippen molar-refractivity contribution in [2.24, 2.45) is 0 Å². The van der Waals surface area contributed by atoms with Crippen LogP contribution in [0.3, 0.4) is 0 Å². The highest BCUT2D eigenvalue weighted by molar-refractivity contribution is 14.1. The van der Waals surface area contributed by atoms with Gasteiger partial charge in [-0.1, -0.05) is 0 Å². The molecule has 0 aliphatic rings. The Morgan fingerprint density at radius 2 is 2.20 bits per heavy atom. The van der Waals surface area contributed by atoms with Crippen LogP contribution in [0.25, 0.3) is 0 Å². The van der Waals surface area contributed by atoms with E-state index in [9.17, 15) is 0 Å². The number of hydrogen-bond donors (Lipinski definition) is 1. The third-order valence-electron chi connectivity index (χ3n) is 2.19. The molecular weight excluding hydrogens is 321 g/mol. The summed E-state index contributed by atoms with van der Waals surface area (Å²) in [5.74, 6) is 0.763. The standard InChI is InChI=1S/C10H12IN3S/c1-6-3-4-8(15-6)5-14-10(12)9(11)7(2)13-14/h3-4H,5,12H2,1-2H3. The monoisotopic (exact) mass is 333 g/mol. The van der Waals surface area contributed by atoms with Gasteiger partial charge in [0.25, 0.3) is 0 Å². The average molecular weight is 333 g/mol. The SMILES string of the molecule is Cc1ccc(Cn2nc(C)c(I)c2N)s1. The molecule has 2 aromatic rings. The maximum Gasteiger partial charge on any atom is 0.135 e. The first-order valence-corrected chi connectivity index (χ1v) is 6.51. The molecule has 0 aromatic carbocycles. The first-order valence-electron chi connectivity index (χ1n) is 4.61. The fourth-order valence-electron chi connectivity index (χ4n) is 1.42. The van der Waals surface area contributed by atoms with Crippen molar-refractivity contribution in [1.82, 2.24) is 9.78 Å². The lowest BCUT2D eigenvalue weighted by Gasteiger charge is -2.01. The lowest BCUT2D eigenvalue weighted by Crippen LogP contribution is -2.05. The van der Waals surface area contributed by atoms with Gasteiger partial charge in [-0.25, -0.2) is 4.68 Å². The van der Waals surface area contributed by atoms with Crippen LogP contribution in [0.2, 0.25) is 0 Å². The summed E-state index contributed by atoms with van der Waals surface area (Å²) in [6.07, 6.45) is 0. The van der Waals surface area contributed by atoms with E-state index < -0.39 is 0 Å². The molecule has 0 unspecified atom stereocenters. The van der Waals surface area contributed by atoms with E-state index in [1.807, 2.05) is 11.6 Å². The maximum absolute atomic E-state index is 5.96. The summed E-state index contributed by atoms with van der Waals surface area (Å²) in [6, 6.07) is 4.25. The first kappa shape index (κ1) is 10.9. The molecule has 3 nitrogen and oxygen atoms in total. The van der Waals surface area contributed by atoms with E-state index in [2.05, 4.69) is 46.7 Å². The van der Waals surface area contributed by atoms with Crippen molar-refractivity contribution < 1.29 is 0 Å². The molecule has 0 fully saturated rings. The Kier molecular flexibility index (Phi) is 3.01. The molecule has 2 rings (SSSR count). The summed E-state index contributed by atoms with van der Waals surface area (Å²) in [4.78, 5) is 2.61. The van der Waals surface area contributed by atoms with Gasteiger partial charge in [-0.05, 0) is 48.6 Å². The van der Waals surface area contributed by atoms with Gasteiger partial charge in [0.05, 0.1) is 15.8 Å². The molecule has 0 aliphatic heterocycles. The molecule has 15 heavy (non-hydrogen) atoms. The van der Waals surface area contributed by atoms with Crippen LogP contribution in [0.15, 0.2) is 12.1 Å². The number of rotatable bonds is 2. The summed E-state index contributed by atoms with van der Waals surface area (Å²) in [6.45, 7) is 4.86. The van der Waals surface area contributed by atoms with E-state index in [-0.39, 0.29) is 0 Å². The number of anilines is 1. The van der Waals surface area contributed by atoms with Crippen molar-refractivity contribution in [2.75, 3.05) is 5.73 Å². The van der Waals surface area contributed by atoms with Gasteiger partial charge >= 0.3 is 0 Å². The second kappa shape index (κ2) is 4.13. The van der Waals surface area contributed by atoms with Crippen molar-refractivity contribution in [3.8, 4) is 0 Å². The van der Waals surface area contributed by atoms with Crippen molar-refractivity contribution in [3.05, 3.63) is 31.2 Å². The van der Waals surface area contributed by atoms with E-state index >= 15 is 0 Å². The van der Waals surface area contributed by atoms with Crippen LogP contribution in [-0.4, -0.2) is 9.78 Å². The number of nitrogens with two attached hydrogens (primary N) is 1. The molecule has 80 valence electrons. The number of halogens is 1. The zero-order chi connectivity index (χ0) is 11.0. The number of nitrogen functional groups attached to an aromatic ring is 1. The molecule has 5 heteroatoms. The van der Waals surface area contributed by atoms with E-state index in [0.717, 1.165) is 21.6 Å². The Balaban J connectivity index is 2.28. The molecule has 2 N–H and O–H groups in total. The van der Waals surface area contributed by atoms with Crippen LogP contribution < -0.4 is 5.73 Å². The normalized spacial score (nSPS) is 10.9. The van der Waals surface area contributed by atoms with Gasteiger partial charge in [-0.2, -0.15) is 5.10 Å². The molecule has 0 radical (unpaired) electrons. The van der Waals surface area contributed by atoms with Gasteiger partial charge in [0, 0.05) is 9.75 Å². The maximum atomic E-state index is 5.96. The lowest BCUT2D eigenvalue weighted by molar-refractivity contribution is 0.697. The highest BCUT2D eigenvalue weighted by atomic mass is 127. The fourth-order valence-corrected chi connectivity index (χ4v) is 2.67. The molecule has 0 atom stereocenters. The number of aromatic nitrogens is 2. The smallest absolute Gasteiger partial charge is 0.135 e. The van der Waals surface area contributed by atoms with Crippen LogP contribution in [0.4, 0.5) is 5.82 Å². The Labute approximate surface area is 106 Å². The summed E-state index contributed by atoms with van der Waals surface area (Å²) in [7, 11) is 0. The molecule has 2 aromatic heterocycles. The molecule has 0 amide bonds. The molecule has 0 saturated carbocycles. The van der Waals surface area contributed by atoms with Crippen LogP contribution >= 0.6 is 33.9 Å². The van der Waals surface area contributed by atoms with Gasteiger partial charge in [0.15, 0.2) is 0 Å². The van der Waals surface area contributed by atoms with Crippen molar-refractivity contribution >= 4 is 39.7 Å². The average Bonchev–Trinajstić information content (AvgIpc) is 2.68. The molecule has 0 spiro atoms. The third-order valence-corrected chi connectivity index (χ3v) is 4.51. The minimum atomic E-state index is 0.763. The van der Waals surface area contributed by atoms with E-state index in [0.29, 0.717) is 0 Å². The quantitative estimate of drug-likeness (QED) is 0.859. The summed E-state index contributed by atoms with van der Waals surface area (Å²) in [5, 5.41) is 4.41. The Bertz CT molecular complexity index is 487.